The van der Waals surface area contributed by atoms with Gasteiger partial charge in [0.15, 0.2) is 0 Å². The van der Waals surface area contributed by atoms with Gasteiger partial charge in [-0.25, -0.2) is 13.1 Å². The Morgan fingerprint density at radius 2 is 2.38 bits per heavy atom. The molecule has 1 aromatic heterocycles. The summed E-state index contributed by atoms with van der Waals surface area (Å²) >= 11 is 6.61. The Morgan fingerprint density at radius 3 is 3.00 bits per heavy atom. The van der Waals surface area contributed by atoms with Gasteiger partial charge in [-0.2, -0.15) is 0 Å². The SMILES string of the molecule is O=S1(=O)NC[C@H](O)c2cc(Cl)sc21. The number of rotatable bonds is 0. The first-order chi connectivity index (χ1) is 6.00. The number of aliphatic hydroxyl groups is 1. The number of β-amino-alcohol motifs (C(OH)–C–C–N with tert-alkyl or cyclic N) is 1. The topological polar surface area (TPSA) is 66.4 Å². The molecule has 0 radical (unpaired) electrons. The molecule has 0 aliphatic carbocycles. The van der Waals surface area contributed by atoms with Crippen LogP contribution in [0.3, 0.4) is 0 Å². The van der Waals surface area contributed by atoms with Gasteiger partial charge >= 0.3 is 0 Å². The van der Waals surface area contributed by atoms with E-state index in [4.69, 9.17) is 11.6 Å². The number of aliphatic hydroxyl groups excluding tert-OH is 1. The third-order valence-electron chi connectivity index (χ3n) is 1.76. The van der Waals surface area contributed by atoms with Gasteiger partial charge in [0.2, 0.25) is 0 Å². The lowest BCUT2D eigenvalue weighted by Crippen LogP contribution is -2.33. The summed E-state index contributed by atoms with van der Waals surface area (Å²) in [4.78, 5) is 0. The van der Waals surface area contributed by atoms with Gasteiger partial charge in [-0.1, -0.05) is 11.6 Å². The molecule has 1 aliphatic rings. The lowest BCUT2D eigenvalue weighted by molar-refractivity contribution is 0.176. The van der Waals surface area contributed by atoms with Gasteiger partial charge in [-0.15, -0.1) is 11.3 Å². The number of thiophene rings is 1. The maximum Gasteiger partial charge on any atom is 0.250 e. The van der Waals surface area contributed by atoms with E-state index in [9.17, 15) is 13.5 Å². The number of hydrogen-bond donors (Lipinski definition) is 2. The van der Waals surface area contributed by atoms with Gasteiger partial charge in [0, 0.05) is 12.1 Å². The minimum absolute atomic E-state index is 0.0163. The summed E-state index contributed by atoms with van der Waals surface area (Å²) in [6, 6.07) is 1.49. The van der Waals surface area contributed by atoms with Crippen LogP contribution in [0.4, 0.5) is 0 Å². The molecule has 2 N–H and O–H groups in total. The van der Waals surface area contributed by atoms with Crippen LogP contribution in [0, 0.1) is 0 Å². The van der Waals surface area contributed by atoms with Crippen LogP contribution in [-0.4, -0.2) is 20.1 Å². The minimum Gasteiger partial charge on any atom is -0.387 e. The summed E-state index contributed by atoms with van der Waals surface area (Å²) in [6.07, 6.45) is -0.790. The van der Waals surface area contributed by atoms with Crippen LogP contribution in [0.2, 0.25) is 4.34 Å². The number of halogens is 1. The van der Waals surface area contributed by atoms with E-state index in [0.29, 0.717) is 9.90 Å². The highest BCUT2D eigenvalue weighted by molar-refractivity contribution is 7.91. The highest BCUT2D eigenvalue weighted by Crippen LogP contribution is 2.36. The average molecular weight is 240 g/mol. The Balaban J connectivity index is 2.68. The monoisotopic (exact) mass is 239 g/mol. The fraction of sp³-hybridized carbons (Fsp3) is 0.333. The summed E-state index contributed by atoms with van der Waals surface area (Å²) in [5, 5.41) is 9.43. The zero-order valence-corrected chi connectivity index (χ0v) is 8.71. The van der Waals surface area contributed by atoms with Crippen molar-refractivity contribution in [2.75, 3.05) is 6.54 Å². The van der Waals surface area contributed by atoms with Crippen molar-refractivity contribution in [1.29, 1.82) is 0 Å². The third kappa shape index (κ3) is 1.49. The average Bonchev–Trinajstić information content (AvgIpc) is 2.42. The van der Waals surface area contributed by atoms with E-state index in [-0.39, 0.29) is 10.8 Å². The van der Waals surface area contributed by atoms with Crippen LogP contribution in [0.1, 0.15) is 11.7 Å². The summed E-state index contributed by atoms with van der Waals surface area (Å²) in [5.41, 5.74) is 0.397. The number of hydrogen-bond acceptors (Lipinski definition) is 4. The Bertz CT molecular complexity index is 439. The van der Waals surface area contributed by atoms with Crippen LogP contribution in [0.15, 0.2) is 10.3 Å². The molecule has 0 aromatic carbocycles. The van der Waals surface area contributed by atoms with E-state index in [1.165, 1.54) is 6.07 Å². The van der Waals surface area contributed by atoms with Gasteiger partial charge in [0.25, 0.3) is 10.0 Å². The summed E-state index contributed by atoms with van der Waals surface area (Å²) < 4.78 is 25.5. The van der Waals surface area contributed by atoms with Gasteiger partial charge in [0.05, 0.1) is 10.4 Å². The normalized spacial score (nSPS) is 25.5. The predicted molar refractivity (Wildman–Crippen MR) is 49.5 cm³/mol. The highest BCUT2D eigenvalue weighted by Gasteiger charge is 2.31. The van der Waals surface area contributed by atoms with Crippen molar-refractivity contribution in [3.8, 4) is 0 Å². The number of sulfonamides is 1. The molecule has 0 saturated carbocycles. The number of nitrogens with one attached hydrogen (secondary N) is 1. The maximum absolute atomic E-state index is 11.4. The molecule has 0 amide bonds. The predicted octanol–water partition coefficient (Wildman–Crippen LogP) is 0.727. The van der Waals surface area contributed by atoms with Gasteiger partial charge in [-0.3, -0.25) is 0 Å². The molecule has 0 unspecified atom stereocenters. The van der Waals surface area contributed by atoms with Crippen molar-refractivity contribution in [3.63, 3.8) is 0 Å². The fourth-order valence-corrected chi connectivity index (χ4v) is 4.23. The molecule has 4 nitrogen and oxygen atoms in total. The van der Waals surface area contributed by atoms with E-state index < -0.39 is 16.1 Å². The molecule has 0 bridgehead atoms. The van der Waals surface area contributed by atoms with E-state index in [1.807, 2.05) is 0 Å². The first-order valence-corrected chi connectivity index (χ1v) is 6.15. The van der Waals surface area contributed by atoms with E-state index in [0.717, 1.165) is 11.3 Å². The lowest BCUT2D eigenvalue weighted by Gasteiger charge is -2.18. The summed E-state index contributed by atoms with van der Waals surface area (Å²) in [5.74, 6) is 0. The third-order valence-corrected chi connectivity index (χ3v) is 5.02. The smallest absolute Gasteiger partial charge is 0.250 e. The Morgan fingerprint density at radius 1 is 1.69 bits per heavy atom. The van der Waals surface area contributed by atoms with Gasteiger partial charge in [-0.05, 0) is 6.07 Å². The Hall–Kier alpha value is -0.140. The molecule has 1 aliphatic heterocycles. The van der Waals surface area contributed by atoms with Crippen molar-refractivity contribution >= 4 is 33.0 Å². The van der Waals surface area contributed by atoms with Crippen molar-refractivity contribution < 1.29 is 13.5 Å². The lowest BCUT2D eigenvalue weighted by atomic mass is 10.2. The van der Waals surface area contributed by atoms with Gasteiger partial charge < -0.3 is 5.11 Å². The van der Waals surface area contributed by atoms with Crippen molar-refractivity contribution in [1.82, 2.24) is 4.72 Å². The fourth-order valence-electron chi connectivity index (χ4n) is 1.16. The molecule has 13 heavy (non-hydrogen) atoms. The van der Waals surface area contributed by atoms with Crippen LogP contribution in [0.5, 0.6) is 0 Å². The van der Waals surface area contributed by atoms with Crippen molar-refractivity contribution in [2.45, 2.75) is 10.3 Å². The second kappa shape index (κ2) is 2.93. The second-order valence-corrected chi connectivity index (χ2v) is 6.31. The summed E-state index contributed by atoms with van der Waals surface area (Å²) in [7, 11) is -3.43. The molecule has 72 valence electrons. The summed E-state index contributed by atoms with van der Waals surface area (Å²) in [6.45, 7) is 0.0163. The first kappa shape index (κ1) is 9.42. The molecule has 0 saturated heterocycles. The van der Waals surface area contributed by atoms with Crippen LogP contribution >= 0.6 is 22.9 Å². The van der Waals surface area contributed by atoms with Crippen LogP contribution in [0.25, 0.3) is 0 Å². The highest BCUT2D eigenvalue weighted by atomic mass is 35.5. The standard InChI is InChI=1S/C6H6ClNO3S2/c7-5-1-3-4(9)2-8-13(10,11)6(3)12-5/h1,4,8-9H,2H2/t4-/m0/s1. The second-order valence-electron chi connectivity index (χ2n) is 2.66. The number of fused-ring (bicyclic) bond motifs is 1. The molecule has 0 spiro atoms. The molecule has 2 heterocycles. The van der Waals surface area contributed by atoms with Crippen molar-refractivity contribution in [3.05, 3.63) is 16.0 Å². The first-order valence-electron chi connectivity index (χ1n) is 3.47. The van der Waals surface area contributed by atoms with Gasteiger partial charge in [0.1, 0.15) is 4.21 Å². The van der Waals surface area contributed by atoms with Crippen LogP contribution < -0.4 is 4.72 Å². The van der Waals surface area contributed by atoms with E-state index in [1.54, 1.807) is 0 Å². The van der Waals surface area contributed by atoms with Crippen molar-refractivity contribution in [2.24, 2.45) is 0 Å². The zero-order valence-electron chi connectivity index (χ0n) is 6.32. The Labute approximate surface area is 84.2 Å². The molecule has 2 rings (SSSR count). The molecule has 0 fully saturated rings. The molecule has 1 aromatic rings. The molecular weight excluding hydrogens is 234 g/mol. The Kier molecular flexibility index (Phi) is 2.12. The maximum atomic E-state index is 11.4. The minimum atomic E-state index is -3.43. The largest absolute Gasteiger partial charge is 0.387 e. The van der Waals surface area contributed by atoms with E-state index >= 15 is 0 Å². The zero-order chi connectivity index (χ0) is 9.64. The molecule has 1 atom stereocenters. The molecular formula is C6H6ClNO3S2. The van der Waals surface area contributed by atoms with E-state index in [2.05, 4.69) is 4.72 Å². The molecule has 7 heteroatoms. The van der Waals surface area contributed by atoms with Crippen LogP contribution in [-0.2, 0) is 10.0 Å². The quantitative estimate of drug-likeness (QED) is 0.701.